The Morgan fingerprint density at radius 1 is 1.62 bits per heavy atom. The number of hydrogen-bond donors (Lipinski definition) is 2. The summed E-state index contributed by atoms with van der Waals surface area (Å²) in [5, 5.41) is 9.87. The van der Waals surface area contributed by atoms with Gasteiger partial charge in [0.2, 0.25) is 0 Å². The SMILES string of the molecule is Cc1cc(=O)[nH]nc1NC1CCCN(C)C1. The Morgan fingerprint density at radius 3 is 3.12 bits per heavy atom. The van der Waals surface area contributed by atoms with Crippen molar-refractivity contribution in [1.29, 1.82) is 0 Å². The van der Waals surface area contributed by atoms with Gasteiger partial charge in [-0.3, -0.25) is 4.79 Å². The van der Waals surface area contributed by atoms with Crippen LogP contribution in [0.1, 0.15) is 18.4 Å². The summed E-state index contributed by atoms with van der Waals surface area (Å²) in [6.45, 7) is 4.09. The van der Waals surface area contributed by atoms with Crippen LogP contribution in [-0.4, -0.2) is 41.3 Å². The van der Waals surface area contributed by atoms with Crippen LogP contribution in [-0.2, 0) is 0 Å². The van der Waals surface area contributed by atoms with E-state index in [0.717, 1.165) is 30.9 Å². The van der Waals surface area contributed by atoms with Gasteiger partial charge in [0, 0.05) is 18.7 Å². The van der Waals surface area contributed by atoms with Crippen molar-refractivity contribution in [3.63, 3.8) is 0 Å². The first kappa shape index (κ1) is 11.1. The number of anilines is 1. The molecule has 1 fully saturated rings. The zero-order chi connectivity index (χ0) is 11.5. The third kappa shape index (κ3) is 2.61. The average molecular weight is 222 g/mol. The molecule has 0 amide bonds. The number of H-pyrrole nitrogens is 1. The van der Waals surface area contributed by atoms with Gasteiger partial charge >= 0.3 is 0 Å². The third-order valence-corrected chi connectivity index (χ3v) is 2.96. The Morgan fingerprint density at radius 2 is 2.44 bits per heavy atom. The normalized spacial score (nSPS) is 22.0. The van der Waals surface area contributed by atoms with Crippen LogP contribution in [0.15, 0.2) is 10.9 Å². The summed E-state index contributed by atoms with van der Waals surface area (Å²) in [7, 11) is 2.13. The van der Waals surface area contributed by atoms with E-state index in [2.05, 4.69) is 27.5 Å². The van der Waals surface area contributed by atoms with E-state index in [1.54, 1.807) is 6.07 Å². The molecule has 0 spiro atoms. The molecule has 0 saturated carbocycles. The molecule has 1 aliphatic heterocycles. The molecule has 1 atom stereocenters. The Balaban J connectivity index is 2.05. The van der Waals surface area contributed by atoms with E-state index in [1.165, 1.54) is 6.42 Å². The van der Waals surface area contributed by atoms with Crippen molar-refractivity contribution in [1.82, 2.24) is 15.1 Å². The lowest BCUT2D eigenvalue weighted by atomic mass is 10.1. The summed E-state index contributed by atoms with van der Waals surface area (Å²) < 4.78 is 0. The molecule has 0 aliphatic carbocycles. The van der Waals surface area contributed by atoms with Crippen LogP contribution in [0.4, 0.5) is 5.82 Å². The molecule has 1 aromatic rings. The summed E-state index contributed by atoms with van der Waals surface area (Å²) in [5.74, 6) is 0.792. The molecule has 0 bridgehead atoms. The number of aromatic nitrogens is 2. The van der Waals surface area contributed by atoms with Crippen LogP contribution in [0.2, 0.25) is 0 Å². The molecule has 88 valence electrons. The second kappa shape index (κ2) is 4.65. The van der Waals surface area contributed by atoms with Crippen molar-refractivity contribution in [2.24, 2.45) is 0 Å². The lowest BCUT2D eigenvalue weighted by molar-refractivity contribution is 0.260. The van der Waals surface area contributed by atoms with Gasteiger partial charge in [-0.25, -0.2) is 5.10 Å². The average Bonchev–Trinajstić information content (AvgIpc) is 2.22. The van der Waals surface area contributed by atoms with Crippen LogP contribution >= 0.6 is 0 Å². The van der Waals surface area contributed by atoms with E-state index in [-0.39, 0.29) is 5.56 Å². The van der Waals surface area contributed by atoms with Crippen LogP contribution in [0.3, 0.4) is 0 Å². The Labute approximate surface area is 94.9 Å². The van der Waals surface area contributed by atoms with Gasteiger partial charge in [-0.1, -0.05) is 0 Å². The maximum absolute atomic E-state index is 11.0. The molecular formula is C11H18N4O. The molecule has 5 nitrogen and oxygen atoms in total. The molecule has 0 radical (unpaired) electrons. The largest absolute Gasteiger partial charge is 0.364 e. The van der Waals surface area contributed by atoms with E-state index in [4.69, 9.17) is 0 Å². The minimum absolute atomic E-state index is 0.149. The fourth-order valence-electron chi connectivity index (χ4n) is 2.12. The van der Waals surface area contributed by atoms with E-state index in [0.29, 0.717) is 6.04 Å². The number of rotatable bonds is 2. The van der Waals surface area contributed by atoms with Gasteiger partial charge in [-0.2, -0.15) is 5.10 Å². The number of likely N-dealkylation sites (tertiary alicyclic amines) is 1. The van der Waals surface area contributed by atoms with Gasteiger partial charge in [0.1, 0.15) is 5.82 Å². The molecule has 1 unspecified atom stereocenters. The number of aromatic amines is 1. The Bertz CT molecular complexity index is 415. The fourth-order valence-corrected chi connectivity index (χ4v) is 2.12. The van der Waals surface area contributed by atoms with Crippen LogP contribution in [0.5, 0.6) is 0 Å². The number of likely N-dealkylation sites (N-methyl/N-ethyl adjacent to an activating group) is 1. The molecular weight excluding hydrogens is 204 g/mol. The predicted octanol–water partition coefficient (Wildman–Crippen LogP) is 0.584. The first-order valence-corrected chi connectivity index (χ1v) is 5.66. The zero-order valence-corrected chi connectivity index (χ0v) is 9.79. The molecule has 5 heteroatoms. The molecule has 2 heterocycles. The first-order chi connectivity index (χ1) is 7.65. The highest BCUT2D eigenvalue weighted by Crippen LogP contribution is 2.14. The van der Waals surface area contributed by atoms with Crippen LogP contribution in [0.25, 0.3) is 0 Å². The van der Waals surface area contributed by atoms with E-state index in [9.17, 15) is 4.79 Å². The van der Waals surface area contributed by atoms with E-state index in [1.807, 2.05) is 6.92 Å². The Hall–Kier alpha value is -1.36. The third-order valence-electron chi connectivity index (χ3n) is 2.96. The summed E-state index contributed by atoms with van der Waals surface area (Å²) in [6, 6.07) is 2.00. The van der Waals surface area contributed by atoms with E-state index < -0.39 is 0 Å². The second-order valence-corrected chi connectivity index (χ2v) is 4.51. The van der Waals surface area contributed by atoms with Gasteiger partial charge in [0.15, 0.2) is 0 Å². The van der Waals surface area contributed by atoms with Crippen LogP contribution in [0, 0.1) is 6.92 Å². The van der Waals surface area contributed by atoms with Crippen molar-refractivity contribution in [2.75, 3.05) is 25.5 Å². The number of nitrogens with zero attached hydrogens (tertiary/aromatic N) is 2. The number of nitrogens with one attached hydrogen (secondary N) is 2. The maximum atomic E-state index is 11.0. The lowest BCUT2D eigenvalue weighted by Gasteiger charge is -2.30. The van der Waals surface area contributed by atoms with E-state index >= 15 is 0 Å². The Kier molecular flexibility index (Phi) is 3.24. The van der Waals surface area contributed by atoms with Crippen molar-refractivity contribution in [3.05, 3.63) is 22.0 Å². The minimum atomic E-state index is -0.149. The highest BCUT2D eigenvalue weighted by molar-refractivity contribution is 5.42. The van der Waals surface area contributed by atoms with Gasteiger partial charge in [0.05, 0.1) is 0 Å². The number of hydrogen-bond acceptors (Lipinski definition) is 4. The predicted molar refractivity (Wildman–Crippen MR) is 63.7 cm³/mol. The van der Waals surface area contributed by atoms with Gasteiger partial charge in [-0.05, 0) is 38.9 Å². The van der Waals surface area contributed by atoms with Crippen molar-refractivity contribution in [3.8, 4) is 0 Å². The smallest absolute Gasteiger partial charge is 0.264 e. The first-order valence-electron chi connectivity index (χ1n) is 5.66. The second-order valence-electron chi connectivity index (χ2n) is 4.51. The molecule has 0 aromatic carbocycles. The van der Waals surface area contributed by atoms with Crippen molar-refractivity contribution in [2.45, 2.75) is 25.8 Å². The van der Waals surface area contributed by atoms with Gasteiger partial charge in [0.25, 0.3) is 5.56 Å². The molecule has 16 heavy (non-hydrogen) atoms. The van der Waals surface area contributed by atoms with Gasteiger partial charge in [-0.15, -0.1) is 0 Å². The van der Waals surface area contributed by atoms with Gasteiger partial charge < -0.3 is 10.2 Å². The highest BCUT2D eigenvalue weighted by Gasteiger charge is 2.17. The van der Waals surface area contributed by atoms with Crippen LogP contribution < -0.4 is 10.9 Å². The molecule has 2 N–H and O–H groups in total. The number of aryl methyl sites for hydroxylation is 1. The summed E-state index contributed by atoms with van der Waals surface area (Å²) >= 11 is 0. The summed E-state index contributed by atoms with van der Waals surface area (Å²) in [5.41, 5.74) is 0.751. The number of piperidine rings is 1. The van der Waals surface area contributed by atoms with Crippen molar-refractivity contribution < 1.29 is 0 Å². The van der Waals surface area contributed by atoms with Crippen molar-refractivity contribution >= 4 is 5.82 Å². The summed E-state index contributed by atoms with van der Waals surface area (Å²) in [6.07, 6.45) is 2.36. The molecule has 1 aliphatic rings. The standard InChI is InChI=1S/C11H18N4O/c1-8-6-10(16)13-14-11(8)12-9-4-3-5-15(2)7-9/h6,9H,3-5,7H2,1-2H3,(H,12,14)(H,13,16). The molecule has 1 saturated heterocycles. The topological polar surface area (TPSA) is 61.0 Å². The quantitative estimate of drug-likeness (QED) is 0.768. The lowest BCUT2D eigenvalue weighted by Crippen LogP contribution is -2.40. The molecule has 1 aromatic heterocycles. The zero-order valence-electron chi connectivity index (χ0n) is 9.79. The summed E-state index contributed by atoms with van der Waals surface area (Å²) in [4.78, 5) is 13.3. The fraction of sp³-hybridized carbons (Fsp3) is 0.636. The monoisotopic (exact) mass is 222 g/mol. The minimum Gasteiger partial charge on any atom is -0.364 e. The molecule has 2 rings (SSSR count). The maximum Gasteiger partial charge on any atom is 0.264 e. The highest BCUT2D eigenvalue weighted by atomic mass is 16.1.